The van der Waals surface area contributed by atoms with E-state index in [2.05, 4.69) is 0 Å². The molecular formula is C14H10FNO4S. The Balaban J connectivity index is 2.50. The van der Waals surface area contributed by atoms with Gasteiger partial charge in [0.1, 0.15) is 11.4 Å². The molecule has 0 saturated heterocycles. The van der Waals surface area contributed by atoms with E-state index < -0.39 is 28.0 Å². The molecule has 0 aromatic heterocycles. The number of aryl methyl sites for hydroxylation is 1. The molecule has 2 aromatic carbocycles. The van der Waals surface area contributed by atoms with E-state index in [-0.39, 0.29) is 4.90 Å². The van der Waals surface area contributed by atoms with Crippen LogP contribution in [0.2, 0.25) is 0 Å². The summed E-state index contributed by atoms with van der Waals surface area (Å²) in [4.78, 5) is 21.7. The van der Waals surface area contributed by atoms with Gasteiger partial charge >= 0.3 is 5.97 Å². The molecular weight excluding hydrogens is 297 g/mol. The van der Waals surface area contributed by atoms with Crippen LogP contribution in [0.4, 0.5) is 10.1 Å². The summed E-state index contributed by atoms with van der Waals surface area (Å²) >= 11 is 1.03. The zero-order valence-corrected chi connectivity index (χ0v) is 11.7. The number of carboxylic acid groups (broad SMARTS) is 1. The Morgan fingerprint density at radius 3 is 2.52 bits per heavy atom. The van der Waals surface area contributed by atoms with Crippen molar-refractivity contribution in [2.75, 3.05) is 0 Å². The zero-order chi connectivity index (χ0) is 15.6. The lowest BCUT2D eigenvalue weighted by Crippen LogP contribution is -2.04. The van der Waals surface area contributed by atoms with Crippen molar-refractivity contribution in [3.05, 3.63) is 63.5 Å². The van der Waals surface area contributed by atoms with Gasteiger partial charge < -0.3 is 5.11 Å². The van der Waals surface area contributed by atoms with Crippen LogP contribution in [0, 0.1) is 22.9 Å². The van der Waals surface area contributed by atoms with E-state index >= 15 is 0 Å². The Bertz CT molecular complexity index is 733. The van der Waals surface area contributed by atoms with Gasteiger partial charge in [-0.05, 0) is 24.6 Å². The molecule has 0 spiro atoms. The normalized spacial score (nSPS) is 10.4. The predicted octanol–water partition coefficient (Wildman–Crippen LogP) is 3.89. The van der Waals surface area contributed by atoms with Crippen LogP contribution in [-0.4, -0.2) is 16.0 Å². The van der Waals surface area contributed by atoms with Crippen LogP contribution in [-0.2, 0) is 0 Å². The molecule has 0 unspecified atom stereocenters. The number of benzene rings is 2. The number of hydrogen-bond acceptors (Lipinski definition) is 4. The fourth-order valence-corrected chi connectivity index (χ4v) is 2.68. The molecule has 108 valence electrons. The Hall–Kier alpha value is -2.41. The van der Waals surface area contributed by atoms with Gasteiger partial charge in [0.15, 0.2) is 0 Å². The molecule has 21 heavy (non-hydrogen) atoms. The minimum atomic E-state index is -1.46. The van der Waals surface area contributed by atoms with Crippen LogP contribution in [0.15, 0.2) is 46.2 Å². The molecule has 0 amide bonds. The zero-order valence-electron chi connectivity index (χ0n) is 10.9. The second-order valence-corrected chi connectivity index (χ2v) is 5.31. The van der Waals surface area contributed by atoms with Crippen LogP contribution in [0.5, 0.6) is 0 Å². The standard InChI is InChI=1S/C14H10FNO4S/c1-8-4-2-3-5-12(8)21-13-6-9(14(17)18)11(16(19)20)7-10(13)15/h2-7H,1H3,(H,17,18). The van der Waals surface area contributed by atoms with Gasteiger partial charge in [-0.2, -0.15) is 0 Å². The molecule has 2 rings (SSSR count). The second kappa shape index (κ2) is 5.92. The molecule has 7 heteroatoms. The fourth-order valence-electron chi connectivity index (χ4n) is 1.73. The average molecular weight is 307 g/mol. The Morgan fingerprint density at radius 2 is 1.95 bits per heavy atom. The topological polar surface area (TPSA) is 80.4 Å². The van der Waals surface area contributed by atoms with Crippen LogP contribution < -0.4 is 0 Å². The summed E-state index contributed by atoms with van der Waals surface area (Å²) in [6, 6.07) is 8.84. The van der Waals surface area contributed by atoms with Gasteiger partial charge in [-0.15, -0.1) is 0 Å². The first-order chi connectivity index (χ1) is 9.90. The third-order valence-electron chi connectivity index (χ3n) is 2.79. The average Bonchev–Trinajstić information content (AvgIpc) is 2.42. The van der Waals surface area contributed by atoms with Gasteiger partial charge in [0.05, 0.1) is 11.0 Å². The monoisotopic (exact) mass is 307 g/mol. The van der Waals surface area contributed by atoms with Crippen molar-refractivity contribution in [2.24, 2.45) is 0 Å². The third kappa shape index (κ3) is 3.19. The number of carboxylic acids is 1. The maximum absolute atomic E-state index is 14.0. The minimum absolute atomic E-state index is 0.0345. The quantitative estimate of drug-likeness (QED) is 0.684. The maximum atomic E-state index is 14.0. The van der Waals surface area contributed by atoms with Crippen molar-refractivity contribution >= 4 is 23.4 Å². The lowest BCUT2D eigenvalue weighted by Gasteiger charge is -2.07. The van der Waals surface area contributed by atoms with Crippen LogP contribution in [0.3, 0.4) is 0 Å². The highest BCUT2D eigenvalue weighted by Crippen LogP contribution is 2.35. The number of aromatic carboxylic acids is 1. The second-order valence-electron chi connectivity index (χ2n) is 4.23. The number of rotatable bonds is 4. The summed E-state index contributed by atoms with van der Waals surface area (Å²) in [5.41, 5.74) is -0.385. The molecule has 0 radical (unpaired) electrons. The van der Waals surface area contributed by atoms with Gasteiger partial charge in [-0.25, -0.2) is 9.18 Å². The molecule has 0 saturated carbocycles. The number of halogens is 1. The van der Waals surface area contributed by atoms with Crippen LogP contribution in [0.25, 0.3) is 0 Å². The summed E-state index contributed by atoms with van der Waals surface area (Å²) < 4.78 is 14.0. The Labute approximate surface area is 123 Å². The van der Waals surface area contributed by atoms with Crippen molar-refractivity contribution < 1.29 is 19.2 Å². The Morgan fingerprint density at radius 1 is 1.29 bits per heavy atom. The SMILES string of the molecule is Cc1ccccc1Sc1cc(C(=O)O)c([N+](=O)[O-])cc1F. The molecule has 0 fully saturated rings. The van der Waals surface area contributed by atoms with E-state index in [9.17, 15) is 19.3 Å². The van der Waals surface area contributed by atoms with Crippen LogP contribution in [0.1, 0.15) is 15.9 Å². The van der Waals surface area contributed by atoms with Gasteiger partial charge in [0.25, 0.3) is 5.69 Å². The first kappa shape index (κ1) is 15.0. The van der Waals surface area contributed by atoms with E-state index in [1.54, 1.807) is 12.1 Å². The number of hydrogen-bond donors (Lipinski definition) is 1. The molecule has 2 aromatic rings. The number of carbonyl (C=O) groups is 1. The van der Waals surface area contributed by atoms with Gasteiger partial charge in [-0.3, -0.25) is 10.1 Å². The van der Waals surface area contributed by atoms with E-state index in [1.165, 1.54) is 0 Å². The van der Waals surface area contributed by atoms with E-state index in [0.29, 0.717) is 6.07 Å². The fraction of sp³-hybridized carbons (Fsp3) is 0.0714. The molecule has 1 N–H and O–H groups in total. The first-order valence-corrected chi connectivity index (χ1v) is 6.66. The molecule has 0 heterocycles. The first-order valence-electron chi connectivity index (χ1n) is 5.85. The molecule has 0 aliphatic rings. The predicted molar refractivity (Wildman–Crippen MR) is 75.3 cm³/mol. The number of nitro benzene ring substituents is 1. The van der Waals surface area contributed by atoms with Gasteiger partial charge in [0, 0.05) is 9.79 Å². The maximum Gasteiger partial charge on any atom is 0.342 e. The highest BCUT2D eigenvalue weighted by molar-refractivity contribution is 7.99. The molecule has 0 atom stereocenters. The molecule has 5 nitrogen and oxygen atoms in total. The van der Waals surface area contributed by atoms with E-state index in [0.717, 1.165) is 28.3 Å². The van der Waals surface area contributed by atoms with Crippen molar-refractivity contribution in [2.45, 2.75) is 16.7 Å². The van der Waals surface area contributed by atoms with E-state index in [1.807, 2.05) is 19.1 Å². The highest BCUT2D eigenvalue weighted by atomic mass is 32.2. The van der Waals surface area contributed by atoms with Crippen molar-refractivity contribution in [1.82, 2.24) is 0 Å². The molecule has 0 aliphatic heterocycles. The minimum Gasteiger partial charge on any atom is -0.477 e. The van der Waals surface area contributed by atoms with E-state index in [4.69, 9.17) is 5.11 Å². The summed E-state index contributed by atoms with van der Waals surface area (Å²) in [5, 5.41) is 19.8. The van der Waals surface area contributed by atoms with Crippen molar-refractivity contribution in [3.8, 4) is 0 Å². The summed E-state index contributed by atoms with van der Waals surface area (Å²) in [5.74, 6) is -2.28. The van der Waals surface area contributed by atoms with Crippen molar-refractivity contribution in [3.63, 3.8) is 0 Å². The number of nitro groups is 1. The van der Waals surface area contributed by atoms with Gasteiger partial charge in [0.2, 0.25) is 0 Å². The largest absolute Gasteiger partial charge is 0.477 e. The lowest BCUT2D eigenvalue weighted by atomic mass is 10.2. The summed E-state index contributed by atoms with van der Waals surface area (Å²) in [6.07, 6.45) is 0. The Kier molecular flexibility index (Phi) is 4.23. The summed E-state index contributed by atoms with van der Waals surface area (Å²) in [6.45, 7) is 1.84. The molecule has 0 aliphatic carbocycles. The third-order valence-corrected chi connectivity index (χ3v) is 4.00. The number of nitrogens with zero attached hydrogens (tertiary/aromatic N) is 1. The molecule has 0 bridgehead atoms. The van der Waals surface area contributed by atoms with Crippen LogP contribution >= 0.6 is 11.8 Å². The smallest absolute Gasteiger partial charge is 0.342 e. The lowest BCUT2D eigenvalue weighted by molar-refractivity contribution is -0.385. The summed E-state index contributed by atoms with van der Waals surface area (Å²) in [7, 11) is 0. The van der Waals surface area contributed by atoms with Crippen molar-refractivity contribution in [1.29, 1.82) is 0 Å². The highest BCUT2D eigenvalue weighted by Gasteiger charge is 2.23. The van der Waals surface area contributed by atoms with Gasteiger partial charge in [-0.1, -0.05) is 30.0 Å².